The van der Waals surface area contributed by atoms with Crippen LogP contribution in [-0.2, 0) is 0 Å². The standard InChI is InChI=1S/C12H16BrN3O/c1-7-2-8-4-14-6-11(8)16(7)12(17)10-3-9(13)5-15-10/h3,5,7-8,11,14-15H,2,4,6H2,1H3. The number of hydrogen-bond acceptors (Lipinski definition) is 2. The lowest BCUT2D eigenvalue weighted by molar-refractivity contribution is 0.0677. The maximum Gasteiger partial charge on any atom is 0.270 e. The van der Waals surface area contributed by atoms with Crippen LogP contribution in [0, 0.1) is 5.92 Å². The molecular formula is C12H16BrN3O. The van der Waals surface area contributed by atoms with Gasteiger partial charge in [-0.2, -0.15) is 0 Å². The Kier molecular flexibility index (Phi) is 2.75. The summed E-state index contributed by atoms with van der Waals surface area (Å²) in [5, 5.41) is 3.37. The largest absolute Gasteiger partial charge is 0.356 e. The van der Waals surface area contributed by atoms with Gasteiger partial charge in [0.1, 0.15) is 5.69 Å². The third-order valence-electron chi connectivity index (χ3n) is 3.89. The fourth-order valence-electron chi connectivity index (χ4n) is 3.15. The summed E-state index contributed by atoms with van der Waals surface area (Å²) >= 11 is 3.37. The molecule has 2 N–H and O–H groups in total. The van der Waals surface area contributed by atoms with Crippen LogP contribution in [-0.4, -0.2) is 41.0 Å². The molecule has 0 bridgehead atoms. The molecule has 3 heterocycles. The molecule has 0 spiro atoms. The minimum absolute atomic E-state index is 0.124. The molecule has 92 valence electrons. The Labute approximate surface area is 109 Å². The van der Waals surface area contributed by atoms with E-state index in [0.717, 1.165) is 24.0 Å². The molecular weight excluding hydrogens is 282 g/mol. The third kappa shape index (κ3) is 1.81. The van der Waals surface area contributed by atoms with E-state index >= 15 is 0 Å². The topological polar surface area (TPSA) is 48.1 Å². The smallest absolute Gasteiger partial charge is 0.270 e. The van der Waals surface area contributed by atoms with Crippen LogP contribution < -0.4 is 5.32 Å². The van der Waals surface area contributed by atoms with Crippen molar-refractivity contribution in [1.82, 2.24) is 15.2 Å². The lowest BCUT2D eigenvalue weighted by Gasteiger charge is -2.27. The van der Waals surface area contributed by atoms with E-state index in [1.54, 1.807) is 6.20 Å². The van der Waals surface area contributed by atoms with Crippen molar-refractivity contribution in [2.45, 2.75) is 25.4 Å². The van der Waals surface area contributed by atoms with Crippen molar-refractivity contribution in [3.63, 3.8) is 0 Å². The molecule has 3 rings (SSSR count). The van der Waals surface area contributed by atoms with Crippen LogP contribution in [0.3, 0.4) is 0 Å². The molecule has 2 saturated heterocycles. The lowest BCUT2D eigenvalue weighted by Crippen LogP contribution is -2.42. The van der Waals surface area contributed by atoms with Gasteiger partial charge in [-0.3, -0.25) is 4.79 Å². The van der Waals surface area contributed by atoms with E-state index in [2.05, 4.69) is 33.2 Å². The van der Waals surface area contributed by atoms with Gasteiger partial charge in [0.25, 0.3) is 5.91 Å². The Morgan fingerprint density at radius 1 is 1.53 bits per heavy atom. The summed E-state index contributed by atoms with van der Waals surface area (Å²) < 4.78 is 0.925. The normalized spacial score (nSPS) is 31.9. The summed E-state index contributed by atoms with van der Waals surface area (Å²) in [4.78, 5) is 17.5. The molecule has 5 heteroatoms. The molecule has 0 radical (unpaired) electrons. The SMILES string of the molecule is CC1CC2CNCC2N1C(=O)c1cc(Br)c[nH]1. The fraction of sp³-hybridized carbons (Fsp3) is 0.583. The number of carbonyl (C=O) groups is 1. The fourth-order valence-corrected chi connectivity index (χ4v) is 3.49. The number of nitrogens with zero attached hydrogens (tertiary/aromatic N) is 1. The van der Waals surface area contributed by atoms with E-state index < -0.39 is 0 Å². The van der Waals surface area contributed by atoms with Crippen LogP contribution >= 0.6 is 15.9 Å². The van der Waals surface area contributed by atoms with E-state index in [-0.39, 0.29) is 5.91 Å². The first kappa shape index (κ1) is 11.3. The summed E-state index contributed by atoms with van der Waals surface area (Å²) in [7, 11) is 0. The number of hydrogen-bond donors (Lipinski definition) is 2. The van der Waals surface area contributed by atoms with Crippen molar-refractivity contribution in [2.75, 3.05) is 13.1 Å². The van der Waals surface area contributed by atoms with Crippen molar-refractivity contribution in [3.8, 4) is 0 Å². The molecule has 3 unspecified atom stereocenters. The van der Waals surface area contributed by atoms with Crippen LogP contribution in [0.4, 0.5) is 0 Å². The van der Waals surface area contributed by atoms with Gasteiger partial charge in [-0.25, -0.2) is 0 Å². The van der Waals surface area contributed by atoms with Crippen molar-refractivity contribution >= 4 is 21.8 Å². The number of aromatic amines is 1. The molecule has 1 amide bonds. The molecule has 17 heavy (non-hydrogen) atoms. The second kappa shape index (κ2) is 4.14. The highest BCUT2D eigenvalue weighted by molar-refractivity contribution is 9.10. The molecule has 0 aromatic carbocycles. The molecule has 2 fully saturated rings. The van der Waals surface area contributed by atoms with Gasteiger partial charge in [0.05, 0.1) is 0 Å². The first-order valence-corrected chi connectivity index (χ1v) is 6.83. The van der Waals surface area contributed by atoms with Crippen LogP contribution in [0.5, 0.6) is 0 Å². The molecule has 2 aliphatic heterocycles. The van der Waals surface area contributed by atoms with Gasteiger partial charge in [-0.1, -0.05) is 0 Å². The predicted octanol–water partition coefficient (Wildman–Crippen LogP) is 1.60. The van der Waals surface area contributed by atoms with E-state index in [0.29, 0.717) is 23.7 Å². The maximum atomic E-state index is 12.5. The van der Waals surface area contributed by atoms with E-state index in [4.69, 9.17) is 0 Å². The number of aromatic nitrogens is 1. The summed E-state index contributed by atoms with van der Waals surface area (Å²) in [6.45, 7) is 4.13. The van der Waals surface area contributed by atoms with Crippen molar-refractivity contribution in [1.29, 1.82) is 0 Å². The van der Waals surface area contributed by atoms with Crippen molar-refractivity contribution in [2.24, 2.45) is 5.92 Å². The summed E-state index contributed by atoms with van der Waals surface area (Å²) in [5.41, 5.74) is 0.677. The second-order valence-electron chi connectivity index (χ2n) is 5.01. The van der Waals surface area contributed by atoms with Gasteiger partial charge in [0, 0.05) is 35.8 Å². The molecule has 4 nitrogen and oxygen atoms in total. The van der Waals surface area contributed by atoms with Gasteiger partial charge in [-0.05, 0) is 41.3 Å². The van der Waals surface area contributed by atoms with Gasteiger partial charge in [0.2, 0.25) is 0 Å². The lowest BCUT2D eigenvalue weighted by atomic mass is 10.0. The average molecular weight is 298 g/mol. The number of halogens is 1. The highest BCUT2D eigenvalue weighted by atomic mass is 79.9. The van der Waals surface area contributed by atoms with Crippen LogP contribution in [0.25, 0.3) is 0 Å². The predicted molar refractivity (Wildman–Crippen MR) is 68.9 cm³/mol. The number of amides is 1. The zero-order valence-corrected chi connectivity index (χ0v) is 11.3. The maximum absolute atomic E-state index is 12.5. The number of rotatable bonds is 1. The monoisotopic (exact) mass is 297 g/mol. The number of nitrogens with one attached hydrogen (secondary N) is 2. The number of fused-ring (bicyclic) bond motifs is 1. The van der Waals surface area contributed by atoms with E-state index in [1.165, 1.54) is 0 Å². The first-order valence-electron chi connectivity index (χ1n) is 6.04. The molecule has 3 atom stereocenters. The minimum atomic E-state index is 0.124. The van der Waals surface area contributed by atoms with Crippen LogP contribution in [0.1, 0.15) is 23.8 Å². The van der Waals surface area contributed by atoms with Gasteiger partial charge in [0.15, 0.2) is 0 Å². The Bertz CT molecular complexity index is 445. The number of likely N-dealkylation sites (tertiary alicyclic amines) is 1. The van der Waals surface area contributed by atoms with Crippen LogP contribution in [0.2, 0.25) is 0 Å². The Morgan fingerprint density at radius 2 is 2.35 bits per heavy atom. The zero-order chi connectivity index (χ0) is 12.0. The van der Waals surface area contributed by atoms with Crippen molar-refractivity contribution in [3.05, 3.63) is 22.4 Å². The quantitative estimate of drug-likeness (QED) is 0.827. The van der Waals surface area contributed by atoms with E-state index in [1.807, 2.05) is 11.0 Å². The number of H-pyrrole nitrogens is 1. The minimum Gasteiger partial charge on any atom is -0.356 e. The van der Waals surface area contributed by atoms with Crippen molar-refractivity contribution < 1.29 is 4.79 Å². The molecule has 1 aromatic heterocycles. The first-order chi connectivity index (χ1) is 8.16. The molecule has 0 saturated carbocycles. The summed E-state index contributed by atoms with van der Waals surface area (Å²) in [6.07, 6.45) is 2.92. The Balaban J connectivity index is 1.85. The Morgan fingerprint density at radius 3 is 3.06 bits per heavy atom. The summed E-state index contributed by atoms with van der Waals surface area (Å²) in [5.74, 6) is 0.756. The molecule has 2 aliphatic rings. The third-order valence-corrected chi connectivity index (χ3v) is 4.35. The highest BCUT2D eigenvalue weighted by Gasteiger charge is 2.44. The zero-order valence-electron chi connectivity index (χ0n) is 9.74. The Hall–Kier alpha value is -0.810. The molecule has 1 aromatic rings. The van der Waals surface area contributed by atoms with Gasteiger partial charge in [-0.15, -0.1) is 0 Å². The van der Waals surface area contributed by atoms with Crippen LogP contribution in [0.15, 0.2) is 16.7 Å². The second-order valence-corrected chi connectivity index (χ2v) is 5.93. The average Bonchev–Trinajstić information content (AvgIpc) is 2.92. The molecule has 0 aliphatic carbocycles. The van der Waals surface area contributed by atoms with Gasteiger partial charge < -0.3 is 15.2 Å². The highest BCUT2D eigenvalue weighted by Crippen LogP contribution is 2.33. The van der Waals surface area contributed by atoms with Gasteiger partial charge >= 0.3 is 0 Å². The van der Waals surface area contributed by atoms with E-state index in [9.17, 15) is 4.79 Å². The summed E-state index contributed by atoms with van der Waals surface area (Å²) in [6, 6.07) is 2.58. The number of carbonyl (C=O) groups excluding carboxylic acids is 1.